The van der Waals surface area contributed by atoms with Gasteiger partial charge in [0, 0.05) is 17.9 Å². The van der Waals surface area contributed by atoms with E-state index in [1.165, 1.54) is 0 Å². The Kier molecular flexibility index (Phi) is 6.84. The molecule has 0 saturated heterocycles. The number of rotatable bonds is 7. The van der Waals surface area contributed by atoms with Crippen LogP contribution < -0.4 is 4.90 Å². The van der Waals surface area contributed by atoms with Crippen molar-refractivity contribution < 1.29 is 4.39 Å². The van der Waals surface area contributed by atoms with Gasteiger partial charge in [0.2, 0.25) is 0 Å². The molecule has 1 nitrogen and oxygen atoms in total. The maximum absolute atomic E-state index is 14.3. The minimum Gasteiger partial charge on any atom is -0.366 e. The maximum atomic E-state index is 14.3. The number of halogens is 2. The predicted octanol–water partition coefficient (Wildman–Crippen LogP) is 5.37. The maximum Gasteiger partial charge on any atom is 0.146 e. The van der Waals surface area contributed by atoms with Gasteiger partial charge in [0.1, 0.15) is 5.82 Å². The quantitative estimate of drug-likeness (QED) is 0.607. The zero-order chi connectivity index (χ0) is 14.4. The highest BCUT2D eigenvalue weighted by Gasteiger charge is 2.22. The molecule has 0 spiro atoms. The summed E-state index contributed by atoms with van der Waals surface area (Å²) in [4.78, 5) is 2.26. The Bertz CT molecular complexity index is 388. The number of hydrogen-bond donors (Lipinski definition) is 0. The number of benzene rings is 1. The Hall–Kier alpha value is -0.570. The fourth-order valence-electron chi connectivity index (χ4n) is 2.54. The lowest BCUT2D eigenvalue weighted by Gasteiger charge is -2.35. The first-order chi connectivity index (χ1) is 9.04. The summed E-state index contributed by atoms with van der Waals surface area (Å²) in [7, 11) is 0. The molecule has 1 aromatic rings. The molecule has 0 bridgehead atoms. The number of alkyl halides is 1. The van der Waals surface area contributed by atoms with Crippen LogP contribution in [0.2, 0.25) is 0 Å². The monoisotopic (exact) mass is 329 g/mol. The average molecular weight is 330 g/mol. The molecular formula is C16H25BrFN. The molecule has 0 saturated carbocycles. The molecule has 1 rings (SSSR count). The van der Waals surface area contributed by atoms with Crippen molar-refractivity contribution in [3.8, 4) is 0 Å². The molecule has 0 aliphatic heterocycles. The number of hydrogen-bond acceptors (Lipinski definition) is 1. The molecule has 0 fully saturated rings. The zero-order valence-electron chi connectivity index (χ0n) is 12.4. The Morgan fingerprint density at radius 3 is 2.32 bits per heavy atom. The van der Waals surface area contributed by atoms with E-state index in [-0.39, 0.29) is 5.82 Å². The summed E-state index contributed by atoms with van der Waals surface area (Å²) in [6.45, 7) is 9.62. The van der Waals surface area contributed by atoms with E-state index in [0.717, 1.165) is 30.6 Å². The lowest BCUT2D eigenvalue weighted by molar-refractivity contribution is 0.495. The van der Waals surface area contributed by atoms with E-state index in [4.69, 9.17) is 0 Å². The second-order valence-corrected chi connectivity index (χ2v) is 5.96. The van der Waals surface area contributed by atoms with Gasteiger partial charge in [0.05, 0.1) is 5.69 Å². The molecule has 1 aromatic carbocycles. The first-order valence-electron chi connectivity index (χ1n) is 7.15. The fraction of sp³-hybridized carbons (Fsp3) is 0.625. The first kappa shape index (κ1) is 16.5. The molecule has 3 heteroatoms. The van der Waals surface area contributed by atoms with Crippen LogP contribution in [0.15, 0.2) is 18.2 Å². The standard InChI is InChI=1S/C16H25BrFN/c1-5-14(6-2)19(11-12(3)4)16-13(10-17)8-7-9-15(16)18/h7-9,12,14H,5-6,10-11H2,1-4H3. The van der Waals surface area contributed by atoms with Gasteiger partial charge in [0.15, 0.2) is 0 Å². The van der Waals surface area contributed by atoms with Crippen molar-refractivity contribution in [1.29, 1.82) is 0 Å². The van der Waals surface area contributed by atoms with Crippen molar-refractivity contribution in [3.05, 3.63) is 29.6 Å². The fourth-order valence-corrected chi connectivity index (χ4v) is 2.99. The van der Waals surface area contributed by atoms with Crippen molar-refractivity contribution >= 4 is 21.6 Å². The SMILES string of the molecule is CCC(CC)N(CC(C)C)c1c(F)cccc1CBr. The van der Waals surface area contributed by atoms with Crippen LogP contribution in [0.1, 0.15) is 46.1 Å². The zero-order valence-corrected chi connectivity index (χ0v) is 14.0. The van der Waals surface area contributed by atoms with Crippen LogP contribution in [0, 0.1) is 11.7 Å². The molecule has 19 heavy (non-hydrogen) atoms. The summed E-state index contributed by atoms with van der Waals surface area (Å²) in [6, 6.07) is 5.76. The van der Waals surface area contributed by atoms with E-state index in [1.807, 2.05) is 6.07 Å². The van der Waals surface area contributed by atoms with Crippen molar-refractivity contribution in [2.24, 2.45) is 5.92 Å². The molecule has 0 aliphatic rings. The van der Waals surface area contributed by atoms with E-state index in [1.54, 1.807) is 12.1 Å². The molecule has 0 radical (unpaired) electrons. The normalized spacial score (nSPS) is 11.4. The second kappa shape index (κ2) is 7.88. The van der Waals surface area contributed by atoms with Crippen LogP contribution in [0.4, 0.5) is 10.1 Å². The average Bonchev–Trinajstić information content (AvgIpc) is 2.38. The Morgan fingerprint density at radius 1 is 1.21 bits per heavy atom. The molecule has 0 aromatic heterocycles. The largest absolute Gasteiger partial charge is 0.366 e. The highest BCUT2D eigenvalue weighted by atomic mass is 79.9. The van der Waals surface area contributed by atoms with Crippen molar-refractivity contribution in [2.45, 2.75) is 51.9 Å². The van der Waals surface area contributed by atoms with Crippen molar-refractivity contribution in [2.75, 3.05) is 11.4 Å². The van der Waals surface area contributed by atoms with Gasteiger partial charge >= 0.3 is 0 Å². The van der Waals surface area contributed by atoms with E-state index in [9.17, 15) is 4.39 Å². The van der Waals surface area contributed by atoms with Crippen LogP contribution in [-0.4, -0.2) is 12.6 Å². The minimum absolute atomic E-state index is 0.107. The highest BCUT2D eigenvalue weighted by molar-refractivity contribution is 9.08. The van der Waals surface area contributed by atoms with E-state index < -0.39 is 0 Å². The van der Waals surface area contributed by atoms with Gasteiger partial charge < -0.3 is 4.90 Å². The summed E-state index contributed by atoms with van der Waals surface area (Å²) < 4.78 is 14.3. The van der Waals surface area contributed by atoms with Gasteiger partial charge in [-0.1, -0.05) is 55.8 Å². The topological polar surface area (TPSA) is 3.24 Å². The smallest absolute Gasteiger partial charge is 0.146 e. The summed E-state index contributed by atoms with van der Waals surface area (Å²) >= 11 is 3.48. The van der Waals surface area contributed by atoms with Crippen molar-refractivity contribution in [3.63, 3.8) is 0 Å². The Balaban J connectivity index is 3.23. The van der Waals surface area contributed by atoms with Gasteiger partial charge in [0.25, 0.3) is 0 Å². The van der Waals surface area contributed by atoms with Crippen LogP contribution in [0.25, 0.3) is 0 Å². The van der Waals surface area contributed by atoms with Gasteiger partial charge in [-0.15, -0.1) is 0 Å². The predicted molar refractivity (Wildman–Crippen MR) is 85.6 cm³/mol. The Morgan fingerprint density at radius 2 is 1.84 bits per heavy atom. The minimum atomic E-state index is -0.107. The van der Waals surface area contributed by atoms with Crippen LogP contribution in [-0.2, 0) is 5.33 Å². The molecule has 0 aliphatic carbocycles. The summed E-state index contributed by atoms with van der Waals surface area (Å²) in [6.07, 6.45) is 2.08. The third-order valence-corrected chi connectivity index (χ3v) is 4.05. The van der Waals surface area contributed by atoms with Gasteiger partial charge in [-0.05, 0) is 30.4 Å². The molecule has 0 heterocycles. The van der Waals surface area contributed by atoms with E-state index in [2.05, 4.69) is 48.5 Å². The highest BCUT2D eigenvalue weighted by Crippen LogP contribution is 2.30. The Labute approximate surface area is 125 Å². The third-order valence-electron chi connectivity index (χ3n) is 3.45. The lowest BCUT2D eigenvalue weighted by Crippen LogP contribution is -2.38. The van der Waals surface area contributed by atoms with E-state index >= 15 is 0 Å². The molecule has 0 amide bonds. The van der Waals surface area contributed by atoms with Crippen molar-refractivity contribution in [1.82, 2.24) is 0 Å². The van der Waals surface area contributed by atoms with E-state index in [0.29, 0.717) is 17.3 Å². The van der Waals surface area contributed by atoms with Gasteiger partial charge in [-0.3, -0.25) is 0 Å². The first-order valence-corrected chi connectivity index (χ1v) is 8.27. The number of para-hydroxylation sites is 1. The van der Waals surface area contributed by atoms with Crippen LogP contribution in [0.5, 0.6) is 0 Å². The lowest BCUT2D eigenvalue weighted by atomic mass is 10.0. The number of nitrogens with zero attached hydrogens (tertiary/aromatic N) is 1. The third kappa shape index (κ3) is 4.20. The number of anilines is 1. The van der Waals surface area contributed by atoms with Gasteiger partial charge in [-0.2, -0.15) is 0 Å². The summed E-state index contributed by atoms with van der Waals surface area (Å²) in [5.41, 5.74) is 1.81. The molecular weight excluding hydrogens is 305 g/mol. The molecule has 108 valence electrons. The van der Waals surface area contributed by atoms with Crippen LogP contribution in [0.3, 0.4) is 0 Å². The van der Waals surface area contributed by atoms with Crippen LogP contribution >= 0.6 is 15.9 Å². The molecule has 0 atom stereocenters. The summed E-state index contributed by atoms with van der Waals surface area (Å²) in [5, 5.41) is 0.689. The van der Waals surface area contributed by atoms with Gasteiger partial charge in [-0.25, -0.2) is 4.39 Å². The summed E-state index contributed by atoms with van der Waals surface area (Å²) in [5.74, 6) is 0.410. The molecule has 0 unspecified atom stereocenters. The second-order valence-electron chi connectivity index (χ2n) is 5.40. The molecule has 0 N–H and O–H groups in total.